The third-order valence-electron chi connectivity index (χ3n) is 6.72. The molecule has 0 spiro atoms. The van der Waals surface area contributed by atoms with Crippen molar-refractivity contribution in [2.45, 2.75) is 24.7 Å². The number of ether oxygens (including phenoxy) is 1. The number of para-hydroxylation sites is 1. The van der Waals surface area contributed by atoms with Crippen molar-refractivity contribution in [1.29, 1.82) is 0 Å². The molecule has 0 unspecified atom stereocenters. The number of carbonyl (C=O) groups is 2. The van der Waals surface area contributed by atoms with Crippen molar-refractivity contribution < 1.29 is 23.8 Å². The van der Waals surface area contributed by atoms with Crippen LogP contribution in [0.2, 0.25) is 0 Å². The molecule has 2 N–H and O–H groups in total. The first-order valence-electron chi connectivity index (χ1n) is 12.4. The van der Waals surface area contributed by atoms with E-state index in [0.717, 1.165) is 16.7 Å². The predicted molar refractivity (Wildman–Crippen MR) is 143 cm³/mol. The summed E-state index contributed by atoms with van der Waals surface area (Å²) in [5.74, 6) is -1.69. The van der Waals surface area contributed by atoms with Gasteiger partial charge in [-0.1, -0.05) is 91.0 Å². The van der Waals surface area contributed by atoms with Gasteiger partial charge in [0.15, 0.2) is 0 Å². The molecule has 5 rings (SSSR count). The van der Waals surface area contributed by atoms with Gasteiger partial charge in [-0.25, -0.2) is 9.18 Å². The summed E-state index contributed by atoms with van der Waals surface area (Å²) < 4.78 is 19.5. The quantitative estimate of drug-likeness (QED) is 0.354. The number of nitrogens with one attached hydrogen (secondary N) is 1. The van der Waals surface area contributed by atoms with Crippen LogP contribution in [0.5, 0.6) is 0 Å². The van der Waals surface area contributed by atoms with Crippen LogP contribution >= 0.6 is 0 Å². The first kappa shape index (κ1) is 25.2. The lowest BCUT2D eigenvalue weighted by atomic mass is 9.93. The van der Waals surface area contributed by atoms with Gasteiger partial charge in [0.1, 0.15) is 18.5 Å². The van der Waals surface area contributed by atoms with E-state index in [1.807, 2.05) is 72.8 Å². The maximum atomic E-state index is 14.0. The number of amides is 2. The molecule has 7 heteroatoms. The molecule has 0 aliphatic carbocycles. The molecule has 38 heavy (non-hydrogen) atoms. The monoisotopic (exact) mass is 510 g/mol. The molecule has 2 amide bonds. The van der Waals surface area contributed by atoms with Crippen molar-refractivity contribution in [2.75, 3.05) is 11.9 Å². The number of carbonyl (C=O) groups excluding carboxylic acids is 2. The average molecular weight is 511 g/mol. The van der Waals surface area contributed by atoms with Gasteiger partial charge in [-0.05, 0) is 34.9 Å². The van der Waals surface area contributed by atoms with Gasteiger partial charge >= 0.3 is 6.09 Å². The van der Waals surface area contributed by atoms with Gasteiger partial charge in [-0.2, -0.15) is 0 Å². The highest BCUT2D eigenvalue weighted by Crippen LogP contribution is 2.35. The summed E-state index contributed by atoms with van der Waals surface area (Å²) in [6.45, 7) is 0.0126. The van der Waals surface area contributed by atoms with Gasteiger partial charge in [0.25, 0.3) is 0 Å². The van der Waals surface area contributed by atoms with E-state index in [9.17, 15) is 19.1 Å². The highest BCUT2D eigenvalue weighted by atomic mass is 19.1. The van der Waals surface area contributed by atoms with Gasteiger partial charge < -0.3 is 15.2 Å². The van der Waals surface area contributed by atoms with Gasteiger partial charge in [-0.15, -0.1) is 0 Å². The van der Waals surface area contributed by atoms with Crippen LogP contribution < -0.4 is 5.32 Å². The number of nitrogens with zero attached hydrogens (tertiary/aromatic N) is 1. The van der Waals surface area contributed by atoms with Crippen LogP contribution in [-0.4, -0.2) is 40.7 Å². The minimum atomic E-state index is -1.27. The topological polar surface area (TPSA) is 78.9 Å². The number of rotatable bonds is 6. The number of aliphatic hydroxyl groups is 1. The van der Waals surface area contributed by atoms with Gasteiger partial charge in [-0.3, -0.25) is 9.69 Å². The molecule has 4 aromatic rings. The molecule has 0 aromatic heterocycles. The highest BCUT2D eigenvalue weighted by molar-refractivity contribution is 6.00. The van der Waals surface area contributed by atoms with Crippen LogP contribution in [0.15, 0.2) is 109 Å². The Morgan fingerprint density at radius 1 is 0.895 bits per heavy atom. The summed E-state index contributed by atoms with van der Waals surface area (Å²) in [6, 6.07) is 30.7. The van der Waals surface area contributed by atoms with Crippen LogP contribution in [-0.2, 0) is 16.1 Å². The van der Waals surface area contributed by atoms with Crippen LogP contribution in [0.1, 0.15) is 17.0 Å². The number of hydrogen-bond acceptors (Lipinski definition) is 4. The van der Waals surface area contributed by atoms with Gasteiger partial charge in [0, 0.05) is 23.7 Å². The lowest BCUT2D eigenvalue weighted by Crippen LogP contribution is -2.48. The SMILES string of the molecule is O=C(Nc1ccccc1-c1ccccc1)[C@@H]1[C@H](O)[C@@H](c2cccc(F)c2)CN1C(=O)OCc1ccccc1. The summed E-state index contributed by atoms with van der Waals surface area (Å²) in [5, 5.41) is 14.2. The summed E-state index contributed by atoms with van der Waals surface area (Å²) in [7, 11) is 0. The van der Waals surface area contributed by atoms with Crippen LogP contribution in [0.25, 0.3) is 11.1 Å². The largest absolute Gasteiger partial charge is 0.445 e. The van der Waals surface area contributed by atoms with E-state index in [4.69, 9.17) is 4.74 Å². The molecule has 0 bridgehead atoms. The molecule has 0 saturated carbocycles. The van der Waals surface area contributed by atoms with Crippen LogP contribution in [0.3, 0.4) is 0 Å². The molecular weight excluding hydrogens is 483 g/mol. The second kappa shape index (κ2) is 11.3. The molecule has 1 aliphatic rings. The van der Waals surface area contributed by atoms with E-state index in [0.29, 0.717) is 11.3 Å². The van der Waals surface area contributed by atoms with Crippen LogP contribution in [0.4, 0.5) is 14.9 Å². The fraction of sp³-hybridized carbons (Fsp3) is 0.161. The number of likely N-dealkylation sites (tertiary alicyclic amines) is 1. The molecule has 4 aromatic carbocycles. The summed E-state index contributed by atoms with van der Waals surface area (Å²) in [6.07, 6.45) is -2.01. The second-order valence-electron chi connectivity index (χ2n) is 9.19. The first-order valence-corrected chi connectivity index (χ1v) is 12.4. The number of benzene rings is 4. The average Bonchev–Trinajstić information content (AvgIpc) is 3.30. The number of hydrogen-bond donors (Lipinski definition) is 2. The summed E-state index contributed by atoms with van der Waals surface area (Å²) >= 11 is 0. The number of aliphatic hydroxyl groups excluding tert-OH is 1. The van der Waals surface area contributed by atoms with Crippen molar-refractivity contribution in [3.63, 3.8) is 0 Å². The normalized spacial score (nSPS) is 18.7. The van der Waals surface area contributed by atoms with Crippen LogP contribution in [0, 0.1) is 5.82 Å². The Morgan fingerprint density at radius 3 is 2.32 bits per heavy atom. The van der Waals surface area contributed by atoms with Gasteiger partial charge in [0.05, 0.1) is 6.10 Å². The van der Waals surface area contributed by atoms with E-state index >= 15 is 0 Å². The lowest BCUT2D eigenvalue weighted by Gasteiger charge is -2.25. The van der Waals surface area contributed by atoms with E-state index in [-0.39, 0.29) is 13.2 Å². The Hall–Kier alpha value is -4.49. The van der Waals surface area contributed by atoms with Crippen molar-refractivity contribution in [3.05, 3.63) is 126 Å². The minimum absolute atomic E-state index is 0.00331. The molecule has 0 radical (unpaired) electrons. The molecule has 1 heterocycles. The number of halogens is 1. The first-order chi connectivity index (χ1) is 18.5. The van der Waals surface area contributed by atoms with E-state index in [1.54, 1.807) is 24.3 Å². The molecule has 1 fully saturated rings. The smallest absolute Gasteiger partial charge is 0.410 e. The fourth-order valence-electron chi connectivity index (χ4n) is 4.83. The standard InChI is InChI=1S/C31H27FN2O4/c32-24-15-9-14-23(18-24)26-19-34(31(37)38-20-21-10-3-1-4-11-21)28(29(26)35)30(36)33-27-17-8-7-16-25(27)22-12-5-2-6-13-22/h1-18,26,28-29,35H,19-20H2,(H,33,36)/t26-,28+,29-/m1/s1. The lowest BCUT2D eigenvalue weighted by molar-refractivity contribution is -0.122. The Labute approximate surface area is 220 Å². The predicted octanol–water partition coefficient (Wildman–Crippen LogP) is 5.60. The molecular formula is C31H27FN2O4. The Morgan fingerprint density at radius 2 is 1.58 bits per heavy atom. The third-order valence-corrected chi connectivity index (χ3v) is 6.72. The number of anilines is 1. The summed E-state index contributed by atoms with van der Waals surface area (Å²) in [5.41, 5.74) is 3.54. The molecule has 1 aliphatic heterocycles. The molecule has 3 atom stereocenters. The Kier molecular flexibility index (Phi) is 7.47. The fourth-order valence-corrected chi connectivity index (χ4v) is 4.83. The maximum absolute atomic E-state index is 14.0. The highest BCUT2D eigenvalue weighted by Gasteiger charge is 2.48. The van der Waals surface area contributed by atoms with Crippen molar-refractivity contribution in [1.82, 2.24) is 4.90 Å². The van der Waals surface area contributed by atoms with Crippen molar-refractivity contribution in [2.24, 2.45) is 0 Å². The van der Waals surface area contributed by atoms with E-state index in [2.05, 4.69) is 5.32 Å². The van der Waals surface area contributed by atoms with E-state index < -0.39 is 35.9 Å². The van der Waals surface area contributed by atoms with Crippen molar-refractivity contribution in [3.8, 4) is 11.1 Å². The zero-order chi connectivity index (χ0) is 26.5. The zero-order valence-electron chi connectivity index (χ0n) is 20.5. The third kappa shape index (κ3) is 5.43. The van der Waals surface area contributed by atoms with Gasteiger partial charge in [0.2, 0.25) is 5.91 Å². The Balaban J connectivity index is 1.42. The summed E-state index contributed by atoms with van der Waals surface area (Å²) in [4.78, 5) is 28.1. The molecule has 1 saturated heterocycles. The molecule has 6 nitrogen and oxygen atoms in total. The molecule has 192 valence electrons. The minimum Gasteiger partial charge on any atom is -0.445 e. The van der Waals surface area contributed by atoms with Crippen molar-refractivity contribution >= 4 is 17.7 Å². The van der Waals surface area contributed by atoms with E-state index in [1.165, 1.54) is 17.0 Å². The second-order valence-corrected chi connectivity index (χ2v) is 9.19. The maximum Gasteiger partial charge on any atom is 0.410 e. The Bertz CT molecular complexity index is 1410. The zero-order valence-corrected chi connectivity index (χ0v) is 20.5.